The van der Waals surface area contributed by atoms with E-state index in [1.165, 1.54) is 24.3 Å². The summed E-state index contributed by atoms with van der Waals surface area (Å²) in [6, 6.07) is 4.67. The van der Waals surface area contributed by atoms with Crippen LogP contribution in [0.3, 0.4) is 0 Å². The van der Waals surface area contributed by atoms with Crippen LogP contribution < -0.4 is 5.32 Å². The standard InChI is InChI=1S/C10H10ClNO4/c11-7-3-1-6(2-4-7)9(14)12-8(5-13)10(15)16/h1-4,8,13H,5H2,(H,12,14)(H,15,16)/t8-/m1/s1. The minimum atomic E-state index is -1.30. The van der Waals surface area contributed by atoms with E-state index >= 15 is 0 Å². The molecule has 0 fully saturated rings. The van der Waals surface area contributed by atoms with Gasteiger partial charge in [-0.25, -0.2) is 4.79 Å². The molecule has 0 saturated carbocycles. The van der Waals surface area contributed by atoms with E-state index in [1.807, 2.05) is 0 Å². The van der Waals surface area contributed by atoms with Gasteiger partial charge in [0.2, 0.25) is 0 Å². The molecule has 1 atom stereocenters. The summed E-state index contributed by atoms with van der Waals surface area (Å²) >= 11 is 5.63. The highest BCUT2D eigenvalue weighted by Crippen LogP contribution is 2.09. The van der Waals surface area contributed by atoms with E-state index in [0.717, 1.165) is 0 Å². The smallest absolute Gasteiger partial charge is 0.328 e. The third-order valence-corrected chi connectivity index (χ3v) is 2.14. The average molecular weight is 244 g/mol. The third-order valence-electron chi connectivity index (χ3n) is 1.89. The predicted molar refractivity (Wildman–Crippen MR) is 57.4 cm³/mol. The number of carbonyl (C=O) groups is 2. The van der Waals surface area contributed by atoms with Crippen molar-refractivity contribution < 1.29 is 19.8 Å². The highest BCUT2D eigenvalue weighted by molar-refractivity contribution is 6.30. The molecule has 16 heavy (non-hydrogen) atoms. The molecule has 6 heteroatoms. The highest BCUT2D eigenvalue weighted by Gasteiger charge is 2.19. The molecule has 0 aliphatic carbocycles. The second-order valence-corrected chi connectivity index (χ2v) is 3.49. The maximum absolute atomic E-state index is 11.5. The number of halogens is 1. The first kappa shape index (κ1) is 12.5. The van der Waals surface area contributed by atoms with Crippen molar-refractivity contribution in [3.63, 3.8) is 0 Å². The monoisotopic (exact) mass is 243 g/mol. The molecule has 0 aliphatic heterocycles. The first-order valence-corrected chi connectivity index (χ1v) is 4.82. The van der Waals surface area contributed by atoms with Crippen molar-refractivity contribution in [1.29, 1.82) is 0 Å². The molecule has 0 bridgehead atoms. The molecule has 86 valence electrons. The van der Waals surface area contributed by atoms with Crippen LogP contribution in [-0.4, -0.2) is 34.7 Å². The number of carbonyl (C=O) groups excluding carboxylic acids is 1. The Morgan fingerprint density at radius 1 is 1.31 bits per heavy atom. The molecule has 0 radical (unpaired) electrons. The molecule has 0 aliphatic rings. The predicted octanol–water partition coefficient (Wildman–Crippen LogP) is 0.515. The van der Waals surface area contributed by atoms with Crippen LogP contribution in [0.2, 0.25) is 5.02 Å². The first-order valence-electron chi connectivity index (χ1n) is 4.44. The van der Waals surface area contributed by atoms with Gasteiger partial charge in [0.15, 0.2) is 6.04 Å². The zero-order valence-electron chi connectivity index (χ0n) is 8.18. The quantitative estimate of drug-likeness (QED) is 0.719. The van der Waals surface area contributed by atoms with E-state index in [2.05, 4.69) is 5.32 Å². The number of aliphatic carboxylic acids is 1. The summed E-state index contributed by atoms with van der Waals surface area (Å²) in [6.07, 6.45) is 0. The minimum Gasteiger partial charge on any atom is -0.480 e. The van der Waals surface area contributed by atoms with Crippen LogP contribution in [0.25, 0.3) is 0 Å². The van der Waals surface area contributed by atoms with Crippen LogP contribution in [0.15, 0.2) is 24.3 Å². The van der Waals surface area contributed by atoms with Gasteiger partial charge in [0.1, 0.15) is 0 Å². The van der Waals surface area contributed by atoms with Gasteiger partial charge in [0, 0.05) is 10.6 Å². The van der Waals surface area contributed by atoms with Gasteiger partial charge in [-0.1, -0.05) is 11.6 Å². The summed E-state index contributed by atoms with van der Waals surface area (Å²) in [5.41, 5.74) is 0.282. The Kier molecular flexibility index (Phi) is 4.28. The lowest BCUT2D eigenvalue weighted by Gasteiger charge is -2.11. The molecule has 0 spiro atoms. The zero-order valence-corrected chi connectivity index (χ0v) is 8.94. The molecular weight excluding hydrogens is 234 g/mol. The van der Waals surface area contributed by atoms with Crippen LogP contribution in [0.5, 0.6) is 0 Å². The second-order valence-electron chi connectivity index (χ2n) is 3.05. The van der Waals surface area contributed by atoms with Crippen molar-refractivity contribution >= 4 is 23.5 Å². The number of nitrogens with one attached hydrogen (secondary N) is 1. The van der Waals surface area contributed by atoms with Crippen LogP contribution in [-0.2, 0) is 4.79 Å². The van der Waals surface area contributed by atoms with Crippen LogP contribution in [0.4, 0.5) is 0 Å². The Bertz CT molecular complexity index is 390. The number of aliphatic hydroxyl groups excluding tert-OH is 1. The summed E-state index contributed by atoms with van der Waals surface area (Å²) in [6.45, 7) is -0.658. The molecule has 0 unspecified atom stereocenters. The fourth-order valence-electron chi connectivity index (χ4n) is 1.03. The molecule has 1 aromatic rings. The van der Waals surface area contributed by atoms with Crippen molar-refractivity contribution in [2.24, 2.45) is 0 Å². The number of benzene rings is 1. The lowest BCUT2D eigenvalue weighted by Crippen LogP contribution is -2.43. The first-order chi connectivity index (χ1) is 7.54. The Balaban J connectivity index is 2.71. The molecule has 0 heterocycles. The fraction of sp³-hybridized carbons (Fsp3) is 0.200. The molecule has 1 amide bonds. The van der Waals surface area contributed by atoms with Crippen molar-refractivity contribution in [2.45, 2.75) is 6.04 Å². The normalized spacial score (nSPS) is 11.9. The average Bonchev–Trinajstić information content (AvgIpc) is 2.26. The van der Waals surface area contributed by atoms with Crippen LogP contribution in [0.1, 0.15) is 10.4 Å². The maximum Gasteiger partial charge on any atom is 0.328 e. The Hall–Kier alpha value is -1.59. The number of carboxylic acids is 1. The van der Waals surface area contributed by atoms with Crippen molar-refractivity contribution in [3.8, 4) is 0 Å². The molecule has 1 rings (SSSR count). The number of amides is 1. The Morgan fingerprint density at radius 3 is 2.31 bits per heavy atom. The number of carboxylic acid groups (broad SMARTS) is 1. The molecule has 5 nitrogen and oxygen atoms in total. The third kappa shape index (κ3) is 3.22. The molecule has 3 N–H and O–H groups in total. The van der Waals surface area contributed by atoms with Crippen LogP contribution in [0, 0.1) is 0 Å². The van der Waals surface area contributed by atoms with Gasteiger partial charge >= 0.3 is 5.97 Å². The number of aliphatic hydroxyl groups is 1. The Morgan fingerprint density at radius 2 is 1.88 bits per heavy atom. The van der Waals surface area contributed by atoms with Crippen molar-refractivity contribution in [2.75, 3.05) is 6.61 Å². The second kappa shape index (κ2) is 5.48. The van der Waals surface area contributed by atoms with Gasteiger partial charge in [-0.15, -0.1) is 0 Å². The summed E-state index contributed by atoms with van der Waals surface area (Å²) in [5, 5.41) is 20.0. The van der Waals surface area contributed by atoms with E-state index in [4.69, 9.17) is 21.8 Å². The summed E-state index contributed by atoms with van der Waals surface area (Å²) in [5.74, 6) is -1.86. The van der Waals surface area contributed by atoms with Gasteiger partial charge in [0.25, 0.3) is 5.91 Å². The van der Waals surface area contributed by atoms with E-state index in [9.17, 15) is 9.59 Å². The topological polar surface area (TPSA) is 86.6 Å². The SMILES string of the molecule is O=C(N[C@H](CO)C(=O)O)c1ccc(Cl)cc1. The maximum atomic E-state index is 11.5. The van der Waals surface area contributed by atoms with Gasteiger partial charge in [0.05, 0.1) is 6.61 Å². The van der Waals surface area contributed by atoms with Gasteiger partial charge in [-0.2, -0.15) is 0 Å². The Labute approximate surface area is 96.7 Å². The van der Waals surface area contributed by atoms with Gasteiger partial charge < -0.3 is 15.5 Å². The van der Waals surface area contributed by atoms with Crippen LogP contribution >= 0.6 is 11.6 Å². The summed E-state index contributed by atoms with van der Waals surface area (Å²) < 4.78 is 0. The fourth-order valence-corrected chi connectivity index (χ4v) is 1.15. The van der Waals surface area contributed by atoms with Crippen molar-refractivity contribution in [1.82, 2.24) is 5.32 Å². The lowest BCUT2D eigenvalue weighted by atomic mass is 10.2. The minimum absolute atomic E-state index is 0.282. The van der Waals surface area contributed by atoms with Gasteiger partial charge in [-0.05, 0) is 24.3 Å². The van der Waals surface area contributed by atoms with E-state index in [0.29, 0.717) is 5.02 Å². The number of hydrogen-bond acceptors (Lipinski definition) is 3. The summed E-state index contributed by atoms with van der Waals surface area (Å²) in [7, 11) is 0. The lowest BCUT2D eigenvalue weighted by molar-refractivity contribution is -0.140. The molecule has 0 saturated heterocycles. The number of hydrogen-bond donors (Lipinski definition) is 3. The molecular formula is C10H10ClNO4. The van der Waals surface area contributed by atoms with Crippen molar-refractivity contribution in [3.05, 3.63) is 34.9 Å². The van der Waals surface area contributed by atoms with E-state index in [-0.39, 0.29) is 5.56 Å². The molecule has 0 aromatic heterocycles. The molecule has 1 aromatic carbocycles. The highest BCUT2D eigenvalue weighted by atomic mass is 35.5. The zero-order chi connectivity index (χ0) is 12.1. The largest absolute Gasteiger partial charge is 0.480 e. The summed E-state index contributed by atoms with van der Waals surface area (Å²) in [4.78, 5) is 22.1. The number of rotatable bonds is 4. The van der Waals surface area contributed by atoms with Gasteiger partial charge in [-0.3, -0.25) is 4.79 Å². The van der Waals surface area contributed by atoms with E-state index in [1.54, 1.807) is 0 Å². The van der Waals surface area contributed by atoms with E-state index < -0.39 is 24.5 Å².